The van der Waals surface area contributed by atoms with Crippen LogP contribution >= 0.6 is 0 Å². The first-order valence-electron chi connectivity index (χ1n) is 12.1. The highest BCUT2D eigenvalue weighted by Gasteiger charge is 2.33. The molecule has 7 nitrogen and oxygen atoms in total. The Labute approximate surface area is 199 Å². The Balaban J connectivity index is 1.26. The molecule has 3 atom stereocenters. The number of nitrogens with one attached hydrogen (secondary N) is 2. The number of hydrogen-bond donors (Lipinski definition) is 3. The zero-order chi connectivity index (χ0) is 24.1. The molecule has 7 heteroatoms. The van der Waals surface area contributed by atoms with Crippen molar-refractivity contribution in [3.8, 4) is 11.1 Å². The average molecular weight is 465 g/mol. The third-order valence-electron chi connectivity index (χ3n) is 6.98. The van der Waals surface area contributed by atoms with E-state index in [4.69, 9.17) is 4.74 Å². The summed E-state index contributed by atoms with van der Waals surface area (Å²) in [6.07, 6.45) is 2.70. The van der Waals surface area contributed by atoms with Crippen LogP contribution in [-0.4, -0.2) is 42.3 Å². The predicted octanol–water partition coefficient (Wildman–Crippen LogP) is 4.31. The first-order valence-corrected chi connectivity index (χ1v) is 12.1. The summed E-state index contributed by atoms with van der Waals surface area (Å²) < 4.78 is 5.61. The van der Waals surface area contributed by atoms with Crippen molar-refractivity contribution in [1.29, 1.82) is 0 Å². The van der Waals surface area contributed by atoms with Crippen LogP contribution in [0.25, 0.3) is 11.1 Å². The fourth-order valence-electron chi connectivity index (χ4n) is 5.19. The van der Waals surface area contributed by atoms with Gasteiger partial charge in [0.2, 0.25) is 5.91 Å². The van der Waals surface area contributed by atoms with Crippen LogP contribution in [0, 0.1) is 11.8 Å². The van der Waals surface area contributed by atoms with Crippen molar-refractivity contribution in [2.24, 2.45) is 11.8 Å². The zero-order valence-electron chi connectivity index (χ0n) is 19.5. The predicted molar refractivity (Wildman–Crippen MR) is 128 cm³/mol. The third kappa shape index (κ3) is 5.24. The summed E-state index contributed by atoms with van der Waals surface area (Å²) in [6.45, 7) is 2.32. The zero-order valence-corrected chi connectivity index (χ0v) is 19.5. The summed E-state index contributed by atoms with van der Waals surface area (Å²) in [6, 6.07) is 16.3. The van der Waals surface area contributed by atoms with Crippen molar-refractivity contribution < 1.29 is 24.2 Å². The number of fused-ring (bicyclic) bond motifs is 3. The fraction of sp³-hybridized carbons (Fsp3) is 0.444. The van der Waals surface area contributed by atoms with Gasteiger partial charge >= 0.3 is 12.1 Å². The van der Waals surface area contributed by atoms with Crippen LogP contribution in [0.3, 0.4) is 0 Å². The maximum atomic E-state index is 12.5. The van der Waals surface area contributed by atoms with Gasteiger partial charge in [0.15, 0.2) is 0 Å². The largest absolute Gasteiger partial charge is 0.481 e. The van der Waals surface area contributed by atoms with Crippen LogP contribution in [0.2, 0.25) is 0 Å². The molecular weight excluding hydrogens is 432 g/mol. The maximum absolute atomic E-state index is 12.5. The van der Waals surface area contributed by atoms with Gasteiger partial charge in [0.05, 0.1) is 5.92 Å². The highest BCUT2D eigenvalue weighted by Crippen LogP contribution is 2.44. The van der Waals surface area contributed by atoms with E-state index in [1.807, 2.05) is 31.2 Å². The number of carbonyl (C=O) groups is 3. The van der Waals surface area contributed by atoms with Crippen LogP contribution in [0.15, 0.2) is 48.5 Å². The van der Waals surface area contributed by atoms with Gasteiger partial charge in [0, 0.05) is 24.4 Å². The minimum Gasteiger partial charge on any atom is -0.481 e. The maximum Gasteiger partial charge on any atom is 0.407 e. The molecule has 2 aromatic carbocycles. The molecule has 1 fully saturated rings. The van der Waals surface area contributed by atoms with E-state index in [0.717, 1.165) is 17.5 Å². The van der Waals surface area contributed by atoms with Crippen LogP contribution in [-0.2, 0) is 14.3 Å². The van der Waals surface area contributed by atoms with E-state index in [2.05, 4.69) is 34.9 Å². The van der Waals surface area contributed by atoms with Gasteiger partial charge in [0.25, 0.3) is 0 Å². The van der Waals surface area contributed by atoms with Crippen LogP contribution in [0.5, 0.6) is 0 Å². The minimum absolute atomic E-state index is 0.00514. The molecule has 34 heavy (non-hydrogen) atoms. The van der Waals surface area contributed by atoms with Crippen LogP contribution in [0.1, 0.15) is 56.1 Å². The summed E-state index contributed by atoms with van der Waals surface area (Å²) in [4.78, 5) is 36.3. The van der Waals surface area contributed by atoms with Gasteiger partial charge in [-0.2, -0.15) is 0 Å². The molecule has 3 unspecified atom stereocenters. The lowest BCUT2D eigenvalue weighted by molar-refractivity contribution is -0.142. The molecule has 0 saturated heterocycles. The number of aliphatic carboxylic acids is 1. The number of alkyl carbamates (subject to hydrolysis) is 1. The molecule has 2 aliphatic rings. The van der Waals surface area contributed by atoms with Gasteiger partial charge in [-0.15, -0.1) is 0 Å². The lowest BCUT2D eigenvalue weighted by Gasteiger charge is -2.17. The number of hydrogen-bond acceptors (Lipinski definition) is 4. The number of ether oxygens (including phenoxy) is 1. The minimum atomic E-state index is -0.886. The number of benzene rings is 2. The van der Waals surface area contributed by atoms with Gasteiger partial charge in [-0.1, -0.05) is 61.9 Å². The SMILES string of the molecule is CCCC(CNC(=O)C1CCC(NC(=O)OCC2c3ccccc3-c3ccccc32)C1)C(=O)O. The normalized spacial score (nSPS) is 19.7. The molecule has 0 heterocycles. The molecule has 2 amide bonds. The highest BCUT2D eigenvalue weighted by molar-refractivity contribution is 5.80. The van der Waals surface area contributed by atoms with E-state index in [1.54, 1.807) is 0 Å². The molecule has 0 radical (unpaired) electrons. The lowest BCUT2D eigenvalue weighted by atomic mass is 9.98. The number of carbonyl (C=O) groups excluding carboxylic acids is 2. The van der Waals surface area contributed by atoms with Crippen molar-refractivity contribution >= 4 is 18.0 Å². The summed E-state index contributed by atoms with van der Waals surface area (Å²) in [5.74, 6) is -1.81. The first kappa shape index (κ1) is 23.8. The molecule has 2 aromatic rings. The van der Waals surface area contributed by atoms with Crippen molar-refractivity contribution in [1.82, 2.24) is 10.6 Å². The Morgan fingerprint density at radius 3 is 2.29 bits per heavy atom. The fourth-order valence-corrected chi connectivity index (χ4v) is 5.19. The smallest absolute Gasteiger partial charge is 0.407 e. The quantitative estimate of drug-likeness (QED) is 0.513. The van der Waals surface area contributed by atoms with Crippen molar-refractivity contribution in [3.05, 3.63) is 59.7 Å². The van der Waals surface area contributed by atoms with Crippen molar-refractivity contribution in [2.75, 3.05) is 13.2 Å². The summed E-state index contributed by atoms with van der Waals surface area (Å²) in [5.41, 5.74) is 4.69. The van der Waals surface area contributed by atoms with Gasteiger partial charge in [0.1, 0.15) is 6.61 Å². The molecular formula is C27H32N2O5. The van der Waals surface area contributed by atoms with Crippen LogP contribution in [0.4, 0.5) is 4.79 Å². The molecule has 1 saturated carbocycles. The van der Waals surface area contributed by atoms with Crippen molar-refractivity contribution in [3.63, 3.8) is 0 Å². The standard InChI is InChI=1S/C27H32N2O5/c1-2-7-18(26(31)32)15-28-25(30)17-12-13-19(14-17)29-27(33)34-16-24-22-10-5-3-8-20(22)21-9-4-6-11-23(21)24/h3-6,8-11,17-19,24H,2,7,12-16H2,1H3,(H,28,30)(H,29,33)(H,31,32). The second-order valence-electron chi connectivity index (χ2n) is 9.25. The Morgan fingerprint density at radius 1 is 1.03 bits per heavy atom. The Morgan fingerprint density at radius 2 is 1.68 bits per heavy atom. The molecule has 3 N–H and O–H groups in total. The van der Waals surface area contributed by atoms with E-state index >= 15 is 0 Å². The van der Waals surface area contributed by atoms with E-state index in [-0.39, 0.29) is 36.9 Å². The van der Waals surface area contributed by atoms with E-state index in [9.17, 15) is 19.5 Å². The average Bonchev–Trinajstić information content (AvgIpc) is 3.43. The number of rotatable bonds is 9. The van der Waals surface area contributed by atoms with Crippen LogP contribution < -0.4 is 10.6 Å². The van der Waals surface area contributed by atoms with Crippen molar-refractivity contribution in [2.45, 2.75) is 51.0 Å². The molecule has 4 rings (SSSR count). The summed E-state index contributed by atoms with van der Waals surface area (Å²) in [5, 5.41) is 14.9. The third-order valence-corrected chi connectivity index (χ3v) is 6.98. The number of carboxylic acid groups (broad SMARTS) is 1. The van der Waals surface area contributed by atoms with E-state index in [1.165, 1.54) is 11.1 Å². The van der Waals surface area contributed by atoms with E-state index in [0.29, 0.717) is 25.7 Å². The van der Waals surface area contributed by atoms with Gasteiger partial charge in [-0.25, -0.2) is 4.79 Å². The lowest BCUT2D eigenvalue weighted by Crippen LogP contribution is -2.38. The topological polar surface area (TPSA) is 105 Å². The summed E-state index contributed by atoms with van der Waals surface area (Å²) >= 11 is 0. The summed E-state index contributed by atoms with van der Waals surface area (Å²) in [7, 11) is 0. The molecule has 0 bridgehead atoms. The molecule has 0 spiro atoms. The first-order chi connectivity index (χ1) is 16.5. The van der Waals surface area contributed by atoms with E-state index < -0.39 is 18.0 Å². The molecule has 0 aliphatic heterocycles. The molecule has 0 aromatic heterocycles. The van der Waals surface area contributed by atoms with Gasteiger partial charge in [-0.3, -0.25) is 9.59 Å². The highest BCUT2D eigenvalue weighted by atomic mass is 16.5. The Hall–Kier alpha value is -3.35. The molecule has 180 valence electrons. The second-order valence-corrected chi connectivity index (χ2v) is 9.25. The Kier molecular flexibility index (Phi) is 7.50. The van der Waals surface area contributed by atoms with Gasteiger partial charge < -0.3 is 20.5 Å². The number of amides is 2. The monoisotopic (exact) mass is 464 g/mol. The molecule has 2 aliphatic carbocycles. The van der Waals surface area contributed by atoms with Gasteiger partial charge in [-0.05, 0) is 47.9 Å². The number of carboxylic acids is 1. The second kappa shape index (κ2) is 10.7. The Bertz CT molecular complexity index is 1010.